The van der Waals surface area contributed by atoms with Crippen molar-refractivity contribution >= 4 is 17.4 Å². The summed E-state index contributed by atoms with van der Waals surface area (Å²) in [5, 5.41) is 18.6. The van der Waals surface area contributed by atoms with Gasteiger partial charge >= 0.3 is 0 Å². The van der Waals surface area contributed by atoms with Crippen LogP contribution in [0.4, 0.5) is 11.6 Å². The van der Waals surface area contributed by atoms with Gasteiger partial charge in [0.25, 0.3) is 0 Å². The highest BCUT2D eigenvalue weighted by atomic mass is 16.1. The maximum absolute atomic E-state index is 13.1. The van der Waals surface area contributed by atoms with E-state index in [1.54, 1.807) is 17.1 Å². The lowest BCUT2D eigenvalue weighted by molar-refractivity contribution is 0.0967. The Hall–Kier alpha value is -3.92. The van der Waals surface area contributed by atoms with Crippen LogP contribution in [0.2, 0.25) is 0 Å². The second-order valence-electron chi connectivity index (χ2n) is 9.99. The first-order chi connectivity index (χ1) is 18.5. The maximum Gasteiger partial charge on any atom is 0.227 e. The first-order valence-electron chi connectivity index (χ1n) is 13.4. The van der Waals surface area contributed by atoms with Crippen LogP contribution in [-0.2, 0) is 19.1 Å². The van der Waals surface area contributed by atoms with Crippen molar-refractivity contribution < 1.29 is 8.91 Å². The topological polar surface area (TPSA) is 115 Å². The monoisotopic (exact) mass is 488 g/mol. The quantitative estimate of drug-likeness (QED) is 0.394. The molecular formula is C26H31N9O. The van der Waals surface area contributed by atoms with Gasteiger partial charge in [0.05, 0.1) is 29.3 Å². The van der Waals surface area contributed by atoms with E-state index in [0.29, 0.717) is 36.0 Å². The third-order valence-corrected chi connectivity index (χ3v) is 6.26. The van der Waals surface area contributed by atoms with E-state index in [9.17, 15) is 4.79 Å². The highest BCUT2D eigenvalue weighted by Gasteiger charge is 2.25. The Bertz CT molecular complexity index is 1490. The Kier molecular flexibility index (Phi) is 5.42. The lowest BCUT2D eigenvalue weighted by atomic mass is 9.87. The van der Waals surface area contributed by atoms with E-state index in [2.05, 4.69) is 48.1 Å². The van der Waals surface area contributed by atoms with Crippen LogP contribution in [0.3, 0.4) is 0 Å². The molecule has 4 aromatic rings. The van der Waals surface area contributed by atoms with E-state index in [0.717, 1.165) is 34.3 Å². The number of anilines is 2. The van der Waals surface area contributed by atoms with Gasteiger partial charge < -0.3 is 10.6 Å². The summed E-state index contributed by atoms with van der Waals surface area (Å²) in [5.74, 6) is 0.381. The largest absolute Gasteiger partial charge is 0.321 e. The van der Waals surface area contributed by atoms with Gasteiger partial charge in [-0.3, -0.25) is 9.48 Å². The van der Waals surface area contributed by atoms with Crippen LogP contribution in [0.15, 0.2) is 49.1 Å². The molecule has 2 N–H and O–H groups in total. The number of carbonyl (C=O) groups excluding carboxylic acids is 1. The fourth-order valence-corrected chi connectivity index (χ4v) is 4.33. The molecule has 1 aliphatic rings. The summed E-state index contributed by atoms with van der Waals surface area (Å²) in [6.07, 6.45) is 7.40. The molecule has 0 saturated heterocycles. The van der Waals surface area contributed by atoms with Gasteiger partial charge in [-0.05, 0) is 62.9 Å². The molecule has 0 fully saturated rings. The maximum atomic E-state index is 13.1. The fraction of sp³-hybridized carbons (Fsp3) is 0.385. The number of nitrogens with zero attached hydrogens (tertiary/aromatic N) is 7. The third-order valence-electron chi connectivity index (χ3n) is 6.26. The van der Waals surface area contributed by atoms with Crippen LogP contribution >= 0.6 is 0 Å². The number of rotatable bonds is 6. The van der Waals surface area contributed by atoms with Crippen LogP contribution in [0.1, 0.15) is 65.3 Å². The van der Waals surface area contributed by atoms with Crippen molar-refractivity contribution in [3.63, 3.8) is 0 Å². The normalized spacial score (nSPS) is 17.4. The minimum atomic E-state index is -2.36. The highest BCUT2D eigenvalue weighted by molar-refractivity contribution is 5.94. The van der Waals surface area contributed by atoms with E-state index in [1.807, 2.05) is 32.9 Å². The Balaban J connectivity index is 1.35. The number of aromatic nitrogens is 7. The number of benzene rings is 1. The second-order valence-corrected chi connectivity index (χ2v) is 9.99. The van der Waals surface area contributed by atoms with Crippen molar-refractivity contribution in [2.24, 2.45) is 6.98 Å². The number of ketones is 1. The summed E-state index contributed by atoms with van der Waals surface area (Å²) >= 11 is 0. The van der Waals surface area contributed by atoms with Gasteiger partial charge in [0.15, 0.2) is 5.78 Å². The first kappa shape index (κ1) is 20.3. The number of hydrogen-bond donors (Lipinski definition) is 2. The predicted octanol–water partition coefficient (Wildman–Crippen LogP) is 3.82. The summed E-state index contributed by atoms with van der Waals surface area (Å²) < 4.78 is 25.0. The molecule has 0 amide bonds. The number of nitrogens with one attached hydrogen (secondary N) is 2. The second kappa shape index (κ2) is 9.62. The Morgan fingerprint density at radius 2 is 2.17 bits per heavy atom. The number of Topliss-reactive ketones (excluding diaryl/α,β-unsaturated/α-hetero) is 1. The predicted molar refractivity (Wildman–Crippen MR) is 137 cm³/mol. The SMILES string of the molecule is [2H]C([2H])([2H])n1cc(Nc2nccc(-c3ccc4c(c3)CNCC[C@H]4CC(=O)c3cn(C(C)(C)C)nn3)n2)cn1. The zero-order valence-electron chi connectivity index (χ0n) is 23.6. The average molecular weight is 489 g/mol. The summed E-state index contributed by atoms with van der Waals surface area (Å²) in [6, 6.07) is 8.01. The number of hydrogen-bond acceptors (Lipinski definition) is 8. The minimum Gasteiger partial charge on any atom is -0.321 e. The van der Waals surface area contributed by atoms with Gasteiger partial charge in [0.2, 0.25) is 5.95 Å². The summed E-state index contributed by atoms with van der Waals surface area (Å²) in [6.45, 7) is 5.20. The van der Waals surface area contributed by atoms with Gasteiger partial charge in [-0.25, -0.2) is 14.6 Å². The van der Waals surface area contributed by atoms with Crippen molar-refractivity contribution in [2.45, 2.75) is 51.6 Å². The molecule has 0 radical (unpaired) electrons. The van der Waals surface area contributed by atoms with Gasteiger partial charge in [-0.2, -0.15) is 5.10 Å². The molecule has 1 aromatic carbocycles. The van der Waals surface area contributed by atoms with Crippen LogP contribution < -0.4 is 10.6 Å². The minimum absolute atomic E-state index is 0.0132. The van der Waals surface area contributed by atoms with Crippen LogP contribution in [0.25, 0.3) is 11.3 Å². The van der Waals surface area contributed by atoms with Crippen molar-refractivity contribution in [1.82, 2.24) is 40.1 Å². The number of aryl methyl sites for hydroxylation is 1. The summed E-state index contributed by atoms with van der Waals surface area (Å²) in [7, 11) is 0. The zero-order valence-corrected chi connectivity index (χ0v) is 20.6. The number of carbonyl (C=O) groups is 1. The van der Waals surface area contributed by atoms with E-state index < -0.39 is 6.98 Å². The molecular weight excluding hydrogens is 454 g/mol. The summed E-state index contributed by atoms with van der Waals surface area (Å²) in [5.41, 5.74) is 4.53. The molecule has 36 heavy (non-hydrogen) atoms. The average Bonchev–Trinajstić information content (AvgIpc) is 3.52. The molecule has 1 aliphatic heterocycles. The van der Waals surface area contributed by atoms with Crippen molar-refractivity contribution in [1.29, 1.82) is 0 Å². The molecule has 186 valence electrons. The third kappa shape index (κ3) is 5.18. The van der Waals surface area contributed by atoms with Gasteiger partial charge in [0, 0.05) is 42.0 Å². The molecule has 4 heterocycles. The molecule has 3 aromatic heterocycles. The Labute approximate surface area is 214 Å². The van der Waals surface area contributed by atoms with Crippen LogP contribution in [0, 0.1) is 0 Å². The molecule has 0 aliphatic carbocycles. The van der Waals surface area contributed by atoms with Gasteiger partial charge in [-0.1, -0.05) is 17.3 Å². The van der Waals surface area contributed by atoms with Crippen molar-refractivity contribution in [2.75, 3.05) is 11.9 Å². The Morgan fingerprint density at radius 3 is 2.94 bits per heavy atom. The molecule has 0 spiro atoms. The molecule has 5 rings (SSSR count). The lowest BCUT2D eigenvalue weighted by Gasteiger charge is -2.18. The van der Waals surface area contributed by atoms with Crippen LogP contribution in [0.5, 0.6) is 0 Å². The van der Waals surface area contributed by atoms with E-state index in [-0.39, 0.29) is 17.2 Å². The van der Waals surface area contributed by atoms with E-state index in [1.165, 1.54) is 12.4 Å². The number of fused-ring (bicyclic) bond motifs is 1. The molecule has 0 unspecified atom stereocenters. The van der Waals surface area contributed by atoms with Gasteiger partial charge in [-0.15, -0.1) is 5.10 Å². The molecule has 10 heteroatoms. The fourth-order valence-electron chi connectivity index (χ4n) is 4.33. The molecule has 0 bridgehead atoms. The van der Waals surface area contributed by atoms with Crippen LogP contribution in [-0.4, -0.2) is 47.1 Å². The summed E-state index contributed by atoms with van der Waals surface area (Å²) in [4.78, 5) is 22.0. The highest BCUT2D eigenvalue weighted by Crippen LogP contribution is 2.33. The van der Waals surface area contributed by atoms with Gasteiger partial charge in [0.1, 0.15) is 5.69 Å². The molecule has 0 saturated carbocycles. The van der Waals surface area contributed by atoms with Crippen molar-refractivity contribution in [3.8, 4) is 11.3 Å². The van der Waals surface area contributed by atoms with E-state index >= 15 is 0 Å². The van der Waals surface area contributed by atoms with Crippen molar-refractivity contribution in [3.05, 3.63) is 65.9 Å². The van der Waals surface area contributed by atoms with E-state index in [4.69, 9.17) is 4.11 Å². The Morgan fingerprint density at radius 1 is 1.28 bits per heavy atom. The molecule has 10 nitrogen and oxygen atoms in total. The smallest absolute Gasteiger partial charge is 0.227 e. The first-order valence-corrected chi connectivity index (χ1v) is 11.9. The molecule has 1 atom stereocenters. The zero-order chi connectivity index (χ0) is 27.8. The lowest BCUT2D eigenvalue weighted by Crippen LogP contribution is -2.22. The standard InChI is InChI=1S/C26H31N9O/c1-26(2,3)35-16-23(32-33-35)24(36)12-17-7-9-27-13-19-11-18(5-6-21(17)19)22-8-10-28-25(31-22)30-20-14-29-34(4)15-20/h5-6,8,10-11,14-17,27H,7,9,12-13H2,1-4H3,(H,28,30,31)/t17-/m0/s1/i4D3.